The van der Waals surface area contributed by atoms with Crippen LogP contribution in [0.15, 0.2) is 85.1 Å². The first-order chi connectivity index (χ1) is 22.0. The number of nitrogens with zero attached hydrogens (tertiary/aromatic N) is 4. The molecule has 0 aliphatic carbocycles. The number of hydrogen-bond donors (Lipinski definition) is 2. The number of amides is 2. The summed E-state index contributed by atoms with van der Waals surface area (Å²) in [5, 5.41) is 4.67. The van der Waals surface area contributed by atoms with Gasteiger partial charge in [0.2, 0.25) is 0 Å². The Morgan fingerprint density at radius 2 is 1.40 bits per heavy atom. The molecular formula is C36H40N6O3. The Hall–Kier alpha value is -4.89. The lowest BCUT2D eigenvalue weighted by molar-refractivity contribution is -0.125. The molecule has 0 fully saturated rings. The summed E-state index contributed by atoms with van der Waals surface area (Å²) in [7, 11) is 0. The van der Waals surface area contributed by atoms with Gasteiger partial charge < -0.3 is 19.9 Å². The third-order valence-electron chi connectivity index (χ3n) is 8.83. The maximum Gasteiger partial charge on any atom is 0.274 e. The number of aromatic nitrogens is 1. The van der Waals surface area contributed by atoms with Gasteiger partial charge in [0.15, 0.2) is 0 Å². The Kier molecular flexibility index (Phi) is 8.45. The van der Waals surface area contributed by atoms with Gasteiger partial charge in [0.1, 0.15) is 17.0 Å². The average molecular weight is 605 g/mol. The predicted octanol–water partition coefficient (Wildman–Crippen LogP) is 5.45. The Morgan fingerprint density at radius 1 is 0.800 bits per heavy atom. The number of carbonyl (C=O) groups is 2. The molecule has 9 nitrogen and oxygen atoms in total. The third kappa shape index (κ3) is 5.17. The van der Waals surface area contributed by atoms with Gasteiger partial charge in [-0.1, -0.05) is 36.4 Å². The number of rotatable bonds is 11. The van der Waals surface area contributed by atoms with E-state index >= 15 is 0 Å². The highest BCUT2D eigenvalue weighted by atomic mass is 16.5. The Bertz CT molecular complexity index is 1640. The Morgan fingerprint density at radius 3 is 1.98 bits per heavy atom. The van der Waals surface area contributed by atoms with Crippen molar-refractivity contribution >= 4 is 23.2 Å². The van der Waals surface area contributed by atoms with Gasteiger partial charge >= 0.3 is 0 Å². The molecule has 3 aromatic carbocycles. The van der Waals surface area contributed by atoms with E-state index in [-0.39, 0.29) is 18.4 Å². The quantitative estimate of drug-likeness (QED) is 0.235. The van der Waals surface area contributed by atoms with Crippen LogP contribution in [0.5, 0.6) is 11.5 Å². The van der Waals surface area contributed by atoms with Crippen LogP contribution in [0.2, 0.25) is 0 Å². The zero-order chi connectivity index (χ0) is 31.6. The number of anilines is 2. The minimum Gasteiger partial charge on any atom is -0.456 e. The van der Waals surface area contributed by atoms with Gasteiger partial charge in [-0.3, -0.25) is 20.0 Å². The predicted molar refractivity (Wildman–Crippen MR) is 177 cm³/mol. The number of benzene rings is 3. The van der Waals surface area contributed by atoms with Gasteiger partial charge in [0.05, 0.1) is 12.2 Å². The topological polar surface area (TPSA) is 90.0 Å². The molecule has 232 valence electrons. The standard InChI is InChI=1S/C36H40N6O3/c1-5-40(6-2)26-16-18-30-32(21-26)45-33-22-27(41(7-3)8-4)17-19-31(33)36(30)29-15-10-9-14-28(29)35(44)42(36)39-34(43)24-37-23-25-13-11-12-20-38-25/h9-22,37H,5-8,23-24H2,1-4H3,(H,39,43). The second-order valence-electron chi connectivity index (χ2n) is 11.2. The van der Waals surface area contributed by atoms with E-state index < -0.39 is 5.54 Å². The zero-order valence-corrected chi connectivity index (χ0v) is 26.3. The van der Waals surface area contributed by atoms with Gasteiger partial charge in [-0.05, 0) is 58.0 Å². The monoisotopic (exact) mass is 604 g/mol. The molecule has 45 heavy (non-hydrogen) atoms. The summed E-state index contributed by atoms with van der Waals surface area (Å²) >= 11 is 0. The van der Waals surface area contributed by atoms with Crippen LogP contribution < -0.4 is 25.3 Å². The lowest BCUT2D eigenvalue weighted by Crippen LogP contribution is -2.57. The molecule has 2 amide bonds. The SMILES string of the molecule is CCN(CC)c1ccc2c(c1)Oc1cc(N(CC)CC)ccc1C21c2ccccc2C(=O)N1NC(=O)CNCc1ccccn1. The van der Waals surface area contributed by atoms with Crippen LogP contribution in [-0.2, 0) is 16.9 Å². The molecular weight excluding hydrogens is 564 g/mol. The molecule has 2 aliphatic rings. The van der Waals surface area contributed by atoms with Crippen LogP contribution in [0.1, 0.15) is 60.4 Å². The van der Waals surface area contributed by atoms with E-state index in [0.717, 1.165) is 59.9 Å². The maximum atomic E-state index is 14.3. The molecule has 2 N–H and O–H groups in total. The van der Waals surface area contributed by atoms with Crippen LogP contribution in [0.3, 0.4) is 0 Å². The van der Waals surface area contributed by atoms with E-state index in [9.17, 15) is 9.59 Å². The molecule has 9 heteroatoms. The number of ether oxygens (including phenoxy) is 1. The van der Waals surface area contributed by atoms with Crippen LogP contribution >= 0.6 is 0 Å². The summed E-state index contributed by atoms with van der Waals surface area (Å²) in [6.45, 7) is 12.3. The molecule has 0 saturated heterocycles. The van der Waals surface area contributed by atoms with E-state index in [4.69, 9.17) is 4.74 Å². The molecule has 1 aromatic heterocycles. The molecule has 2 aliphatic heterocycles. The molecule has 0 unspecified atom stereocenters. The van der Waals surface area contributed by atoms with Crippen LogP contribution in [0.4, 0.5) is 11.4 Å². The molecule has 4 aromatic rings. The van der Waals surface area contributed by atoms with Crippen LogP contribution in [0.25, 0.3) is 0 Å². The van der Waals surface area contributed by atoms with E-state index in [0.29, 0.717) is 23.6 Å². The Balaban J connectivity index is 1.48. The van der Waals surface area contributed by atoms with Crippen molar-refractivity contribution in [1.29, 1.82) is 0 Å². The van der Waals surface area contributed by atoms with Crippen LogP contribution in [-0.4, -0.2) is 54.5 Å². The highest BCUT2D eigenvalue weighted by Crippen LogP contribution is 2.57. The van der Waals surface area contributed by atoms with Crippen molar-refractivity contribution in [2.75, 3.05) is 42.5 Å². The average Bonchev–Trinajstić information content (AvgIpc) is 3.30. The fourth-order valence-electron chi connectivity index (χ4n) is 6.64. The second-order valence-corrected chi connectivity index (χ2v) is 11.2. The van der Waals surface area contributed by atoms with Crippen molar-refractivity contribution in [1.82, 2.24) is 20.7 Å². The summed E-state index contributed by atoms with van der Waals surface area (Å²) in [6.07, 6.45) is 1.72. The number of fused-ring (bicyclic) bond motifs is 6. The summed E-state index contributed by atoms with van der Waals surface area (Å²) in [4.78, 5) is 36.7. The van der Waals surface area contributed by atoms with Crippen molar-refractivity contribution < 1.29 is 14.3 Å². The van der Waals surface area contributed by atoms with Crippen molar-refractivity contribution in [3.05, 3.63) is 113 Å². The normalized spacial score (nSPS) is 14.0. The lowest BCUT2D eigenvalue weighted by atomic mass is 9.75. The smallest absolute Gasteiger partial charge is 0.274 e. The fourth-order valence-corrected chi connectivity index (χ4v) is 6.64. The number of hydrogen-bond acceptors (Lipinski definition) is 7. The van der Waals surface area contributed by atoms with Gasteiger partial charge in [0, 0.05) is 84.7 Å². The highest BCUT2D eigenvalue weighted by molar-refractivity contribution is 6.03. The summed E-state index contributed by atoms with van der Waals surface area (Å²) in [5.74, 6) is 0.699. The van der Waals surface area contributed by atoms with E-state index in [1.165, 1.54) is 5.01 Å². The first-order valence-corrected chi connectivity index (χ1v) is 15.8. The van der Waals surface area contributed by atoms with E-state index in [1.54, 1.807) is 6.20 Å². The van der Waals surface area contributed by atoms with Crippen molar-refractivity contribution in [2.24, 2.45) is 0 Å². The first-order valence-electron chi connectivity index (χ1n) is 15.8. The van der Waals surface area contributed by atoms with Crippen LogP contribution in [0, 0.1) is 0 Å². The Labute approximate surface area is 264 Å². The number of hydrazine groups is 1. The summed E-state index contributed by atoms with van der Waals surface area (Å²) in [5.41, 5.74) is 7.68. The molecule has 0 bridgehead atoms. The second kappa shape index (κ2) is 12.6. The molecule has 1 spiro atoms. The summed E-state index contributed by atoms with van der Waals surface area (Å²) in [6, 6.07) is 25.6. The van der Waals surface area contributed by atoms with Crippen molar-refractivity contribution in [3.8, 4) is 11.5 Å². The molecule has 6 rings (SSSR count). The van der Waals surface area contributed by atoms with Gasteiger partial charge in [0.25, 0.3) is 11.8 Å². The largest absolute Gasteiger partial charge is 0.456 e. The molecule has 3 heterocycles. The molecule has 0 saturated carbocycles. The lowest BCUT2D eigenvalue weighted by Gasteiger charge is -2.44. The van der Waals surface area contributed by atoms with E-state index in [2.05, 4.69) is 77.5 Å². The number of pyridine rings is 1. The maximum absolute atomic E-state index is 14.3. The van der Waals surface area contributed by atoms with Crippen molar-refractivity contribution in [2.45, 2.75) is 39.8 Å². The summed E-state index contributed by atoms with van der Waals surface area (Å²) < 4.78 is 6.72. The minimum absolute atomic E-state index is 0.00475. The van der Waals surface area contributed by atoms with Gasteiger partial charge in [-0.25, -0.2) is 5.01 Å². The third-order valence-corrected chi connectivity index (χ3v) is 8.83. The highest BCUT2D eigenvalue weighted by Gasteiger charge is 2.57. The van der Waals surface area contributed by atoms with Crippen molar-refractivity contribution in [3.63, 3.8) is 0 Å². The minimum atomic E-state index is -1.14. The number of carbonyl (C=O) groups excluding carboxylic acids is 2. The molecule has 0 radical (unpaired) electrons. The molecule has 0 atom stereocenters. The fraction of sp³-hybridized carbons (Fsp3) is 0.306. The zero-order valence-electron chi connectivity index (χ0n) is 26.3. The van der Waals surface area contributed by atoms with Gasteiger partial charge in [-0.2, -0.15) is 0 Å². The van der Waals surface area contributed by atoms with E-state index in [1.807, 2.05) is 54.6 Å². The van der Waals surface area contributed by atoms with Gasteiger partial charge in [-0.15, -0.1) is 0 Å². The number of nitrogens with one attached hydrogen (secondary N) is 2. The first kappa shape index (κ1) is 30.1.